The third-order valence-corrected chi connectivity index (χ3v) is 2.76. The Hall–Kier alpha value is -1.84. The van der Waals surface area contributed by atoms with Gasteiger partial charge in [0.2, 0.25) is 0 Å². The van der Waals surface area contributed by atoms with E-state index >= 15 is 0 Å². The number of rotatable bonds is 4. The lowest BCUT2D eigenvalue weighted by Crippen LogP contribution is -2.35. The number of nitrogens with one attached hydrogen (secondary N) is 1. The summed E-state index contributed by atoms with van der Waals surface area (Å²) in [7, 11) is 0. The van der Waals surface area contributed by atoms with Crippen LogP contribution in [0, 0.1) is 20.8 Å². The Morgan fingerprint density at radius 1 is 1.22 bits per heavy atom. The summed E-state index contributed by atoms with van der Waals surface area (Å²) in [6.45, 7) is 7.44. The van der Waals surface area contributed by atoms with Crippen LogP contribution in [0.4, 0.5) is 0 Å². The second-order valence-corrected chi connectivity index (χ2v) is 4.75. The van der Waals surface area contributed by atoms with Crippen molar-refractivity contribution in [2.75, 3.05) is 0 Å². The molecule has 98 valence electrons. The smallest absolute Gasteiger partial charge is 0.305 e. The van der Waals surface area contributed by atoms with Crippen molar-refractivity contribution < 1.29 is 14.7 Å². The van der Waals surface area contributed by atoms with Crippen molar-refractivity contribution in [1.82, 2.24) is 5.32 Å². The van der Waals surface area contributed by atoms with Gasteiger partial charge in [0.05, 0.1) is 6.42 Å². The number of carbonyl (C=O) groups excluding carboxylic acids is 1. The molecular weight excluding hydrogens is 230 g/mol. The molecule has 0 heterocycles. The van der Waals surface area contributed by atoms with Crippen LogP contribution in [0.2, 0.25) is 0 Å². The van der Waals surface area contributed by atoms with E-state index in [1.165, 1.54) is 0 Å². The van der Waals surface area contributed by atoms with Crippen LogP contribution in [0.15, 0.2) is 12.1 Å². The highest BCUT2D eigenvalue weighted by molar-refractivity contribution is 5.97. The molecular formula is C14H19NO3. The van der Waals surface area contributed by atoms with Crippen molar-refractivity contribution in [3.8, 4) is 0 Å². The Kier molecular flexibility index (Phi) is 4.48. The van der Waals surface area contributed by atoms with Gasteiger partial charge in [0.15, 0.2) is 0 Å². The van der Waals surface area contributed by atoms with Gasteiger partial charge in [-0.2, -0.15) is 0 Å². The van der Waals surface area contributed by atoms with Crippen LogP contribution in [0.25, 0.3) is 0 Å². The Balaban J connectivity index is 2.88. The summed E-state index contributed by atoms with van der Waals surface area (Å²) in [6, 6.07) is 3.52. The molecule has 0 bridgehead atoms. The van der Waals surface area contributed by atoms with E-state index in [-0.39, 0.29) is 18.4 Å². The number of hydrogen-bond acceptors (Lipinski definition) is 2. The Morgan fingerprint density at radius 3 is 2.17 bits per heavy atom. The number of benzene rings is 1. The van der Waals surface area contributed by atoms with Gasteiger partial charge in [0.25, 0.3) is 5.91 Å². The zero-order chi connectivity index (χ0) is 13.9. The predicted octanol–water partition coefficient (Wildman–Crippen LogP) is 2.20. The summed E-state index contributed by atoms with van der Waals surface area (Å²) in [5.74, 6) is -1.13. The van der Waals surface area contributed by atoms with E-state index in [0.717, 1.165) is 16.7 Å². The van der Waals surface area contributed by atoms with Gasteiger partial charge in [-0.1, -0.05) is 17.7 Å². The standard InChI is InChI=1S/C14H19NO3/c1-8-5-9(2)13(10(3)6-8)14(18)15-11(4)7-12(16)17/h5-6,11H,7H2,1-4H3,(H,15,18)(H,16,17). The van der Waals surface area contributed by atoms with E-state index in [1.807, 2.05) is 32.9 Å². The van der Waals surface area contributed by atoms with Crippen molar-refractivity contribution in [2.24, 2.45) is 0 Å². The number of aryl methyl sites for hydroxylation is 3. The number of hydrogen-bond donors (Lipinski definition) is 2. The molecule has 0 aromatic heterocycles. The summed E-state index contributed by atoms with van der Waals surface area (Å²) in [4.78, 5) is 22.6. The fourth-order valence-electron chi connectivity index (χ4n) is 2.15. The van der Waals surface area contributed by atoms with Gasteiger partial charge >= 0.3 is 5.97 Å². The third kappa shape index (κ3) is 3.58. The molecule has 0 spiro atoms. The van der Waals surface area contributed by atoms with Gasteiger partial charge in [-0.05, 0) is 38.8 Å². The molecule has 0 aliphatic rings. The van der Waals surface area contributed by atoms with Crippen molar-refractivity contribution in [1.29, 1.82) is 0 Å². The van der Waals surface area contributed by atoms with Gasteiger partial charge in [-0.3, -0.25) is 9.59 Å². The summed E-state index contributed by atoms with van der Waals surface area (Å²) in [5, 5.41) is 11.4. The van der Waals surface area contributed by atoms with Gasteiger partial charge in [-0.15, -0.1) is 0 Å². The summed E-state index contributed by atoms with van der Waals surface area (Å²) < 4.78 is 0. The average molecular weight is 249 g/mol. The Labute approximate surface area is 107 Å². The first-order chi connectivity index (χ1) is 8.31. The van der Waals surface area contributed by atoms with Gasteiger partial charge in [-0.25, -0.2) is 0 Å². The molecule has 1 amide bonds. The number of carboxylic acid groups (broad SMARTS) is 1. The number of aliphatic carboxylic acids is 1. The quantitative estimate of drug-likeness (QED) is 0.859. The minimum absolute atomic E-state index is 0.0737. The van der Waals surface area contributed by atoms with E-state index < -0.39 is 5.97 Å². The monoisotopic (exact) mass is 249 g/mol. The first-order valence-electron chi connectivity index (χ1n) is 5.91. The molecule has 18 heavy (non-hydrogen) atoms. The van der Waals surface area contributed by atoms with Crippen LogP contribution in [-0.2, 0) is 4.79 Å². The molecule has 0 saturated heterocycles. The zero-order valence-electron chi connectivity index (χ0n) is 11.2. The van der Waals surface area contributed by atoms with E-state index in [2.05, 4.69) is 5.32 Å². The van der Waals surface area contributed by atoms with Crippen LogP contribution in [0.5, 0.6) is 0 Å². The zero-order valence-corrected chi connectivity index (χ0v) is 11.2. The molecule has 4 heteroatoms. The molecule has 1 aromatic rings. The highest BCUT2D eigenvalue weighted by Gasteiger charge is 2.16. The summed E-state index contributed by atoms with van der Waals surface area (Å²) in [6.07, 6.45) is -0.0737. The minimum Gasteiger partial charge on any atom is -0.481 e. The third-order valence-electron chi connectivity index (χ3n) is 2.76. The highest BCUT2D eigenvalue weighted by atomic mass is 16.4. The van der Waals surface area contributed by atoms with Crippen molar-refractivity contribution in [3.63, 3.8) is 0 Å². The van der Waals surface area contributed by atoms with Crippen LogP contribution < -0.4 is 5.32 Å². The second kappa shape index (κ2) is 5.67. The van der Waals surface area contributed by atoms with Crippen LogP contribution in [0.1, 0.15) is 40.4 Å². The van der Waals surface area contributed by atoms with E-state index in [4.69, 9.17) is 5.11 Å². The molecule has 2 N–H and O–H groups in total. The van der Waals surface area contributed by atoms with Crippen LogP contribution in [0.3, 0.4) is 0 Å². The van der Waals surface area contributed by atoms with E-state index in [0.29, 0.717) is 5.56 Å². The molecule has 0 aliphatic heterocycles. The van der Waals surface area contributed by atoms with Crippen LogP contribution in [-0.4, -0.2) is 23.0 Å². The second-order valence-electron chi connectivity index (χ2n) is 4.75. The first kappa shape index (κ1) is 14.2. The Bertz CT molecular complexity index is 457. The molecule has 0 fully saturated rings. The maximum absolute atomic E-state index is 12.1. The fourth-order valence-corrected chi connectivity index (χ4v) is 2.15. The lowest BCUT2D eigenvalue weighted by atomic mass is 9.99. The maximum Gasteiger partial charge on any atom is 0.305 e. The van der Waals surface area contributed by atoms with Gasteiger partial charge in [0.1, 0.15) is 0 Å². The average Bonchev–Trinajstić information content (AvgIpc) is 2.12. The molecule has 1 atom stereocenters. The van der Waals surface area contributed by atoms with Crippen molar-refractivity contribution in [3.05, 3.63) is 34.4 Å². The molecule has 0 radical (unpaired) electrons. The molecule has 1 rings (SSSR count). The van der Waals surface area contributed by atoms with Crippen molar-refractivity contribution in [2.45, 2.75) is 40.2 Å². The SMILES string of the molecule is Cc1cc(C)c(C(=O)NC(C)CC(=O)O)c(C)c1. The van der Waals surface area contributed by atoms with Crippen LogP contribution >= 0.6 is 0 Å². The number of amides is 1. The van der Waals surface area contributed by atoms with E-state index in [9.17, 15) is 9.59 Å². The molecule has 0 saturated carbocycles. The molecule has 1 unspecified atom stereocenters. The normalized spacial score (nSPS) is 12.0. The molecule has 4 nitrogen and oxygen atoms in total. The van der Waals surface area contributed by atoms with Gasteiger partial charge < -0.3 is 10.4 Å². The lowest BCUT2D eigenvalue weighted by Gasteiger charge is -2.15. The van der Waals surface area contributed by atoms with Gasteiger partial charge in [0, 0.05) is 11.6 Å². The molecule has 1 aromatic carbocycles. The number of carbonyl (C=O) groups is 2. The number of carboxylic acids is 1. The predicted molar refractivity (Wildman–Crippen MR) is 69.8 cm³/mol. The maximum atomic E-state index is 12.1. The minimum atomic E-state index is -0.917. The topological polar surface area (TPSA) is 66.4 Å². The van der Waals surface area contributed by atoms with Crippen molar-refractivity contribution >= 4 is 11.9 Å². The largest absolute Gasteiger partial charge is 0.481 e. The fraction of sp³-hybridized carbons (Fsp3) is 0.429. The first-order valence-corrected chi connectivity index (χ1v) is 5.91. The lowest BCUT2D eigenvalue weighted by molar-refractivity contribution is -0.137. The molecule has 0 aliphatic carbocycles. The summed E-state index contributed by atoms with van der Waals surface area (Å²) in [5.41, 5.74) is 3.57. The highest BCUT2D eigenvalue weighted by Crippen LogP contribution is 2.16. The Morgan fingerprint density at radius 2 is 1.72 bits per heavy atom. The van der Waals surface area contributed by atoms with E-state index in [1.54, 1.807) is 6.92 Å². The summed E-state index contributed by atoms with van der Waals surface area (Å²) >= 11 is 0.